The van der Waals surface area contributed by atoms with Crippen LogP contribution in [0.25, 0.3) is 11.1 Å². The van der Waals surface area contributed by atoms with Crippen molar-refractivity contribution in [2.75, 3.05) is 0 Å². The van der Waals surface area contributed by atoms with E-state index in [2.05, 4.69) is 22.6 Å². The Morgan fingerprint density at radius 1 is 0.926 bits per heavy atom. The smallest absolute Gasteiger partial charge is 0.282 e. The van der Waals surface area contributed by atoms with Gasteiger partial charge in [-0.05, 0) is 71.0 Å². The lowest BCUT2D eigenvalue weighted by molar-refractivity contribution is -0.384. The summed E-state index contributed by atoms with van der Waals surface area (Å²) in [6.07, 6.45) is 0. The van der Waals surface area contributed by atoms with Crippen LogP contribution in [0.2, 0.25) is 0 Å². The third-order valence-electron chi connectivity index (χ3n) is 3.58. The number of non-ortho nitro benzene ring substituents is 1. The van der Waals surface area contributed by atoms with Gasteiger partial charge >= 0.3 is 0 Å². The molecule has 3 aromatic carbocycles. The molecule has 0 aliphatic carbocycles. The van der Waals surface area contributed by atoms with Gasteiger partial charge in [0, 0.05) is 15.7 Å². The van der Waals surface area contributed by atoms with Gasteiger partial charge in [0.15, 0.2) is 0 Å². The van der Waals surface area contributed by atoms with E-state index in [1.165, 1.54) is 24.3 Å². The molecule has 0 saturated heterocycles. The molecule has 3 aromatic rings. The molecule has 27 heavy (non-hydrogen) atoms. The van der Waals surface area contributed by atoms with Crippen LogP contribution in [-0.4, -0.2) is 17.9 Å². The Hall–Kier alpha value is -2.30. The lowest BCUT2D eigenvalue weighted by Crippen LogP contribution is -1.96. The molecule has 0 bridgehead atoms. The third-order valence-corrected chi connectivity index (χ3v) is 5.39. The topological polar surface area (TPSA) is 97.5 Å². The van der Waals surface area contributed by atoms with Gasteiger partial charge in [0.1, 0.15) is 0 Å². The van der Waals surface area contributed by atoms with Crippen molar-refractivity contribution in [3.8, 4) is 11.1 Å². The van der Waals surface area contributed by atoms with E-state index in [-0.39, 0.29) is 15.5 Å². The number of nitro groups is 1. The number of halogens is 1. The number of aryl methyl sites for hydroxylation is 1. The standard InChI is InChI=1S/C12H8INO2.C7H8O3S/c13-12-4-2-1-3-11(12)9-5-7-10(8-6-9)14(15)16;1-6-2-4-7(5-3-6)11(8,9)10/h1-8H;2-5H,1H3,(H,8,9,10). The van der Waals surface area contributed by atoms with E-state index in [0.717, 1.165) is 20.3 Å². The summed E-state index contributed by atoms with van der Waals surface area (Å²) in [5.41, 5.74) is 3.17. The van der Waals surface area contributed by atoms with Gasteiger partial charge < -0.3 is 0 Å². The minimum Gasteiger partial charge on any atom is -0.282 e. The highest BCUT2D eigenvalue weighted by Gasteiger charge is 2.07. The van der Waals surface area contributed by atoms with Gasteiger partial charge in [0.25, 0.3) is 15.8 Å². The fraction of sp³-hybridized carbons (Fsp3) is 0.0526. The SMILES string of the molecule is Cc1ccc(S(=O)(=O)O)cc1.O=[N+]([O-])c1ccc(-c2ccccc2I)cc1. The summed E-state index contributed by atoms with van der Waals surface area (Å²) in [4.78, 5) is 10.1. The number of rotatable bonds is 3. The van der Waals surface area contributed by atoms with Crippen molar-refractivity contribution in [3.05, 3.63) is 92.0 Å². The van der Waals surface area contributed by atoms with Crippen LogP contribution in [0.1, 0.15) is 5.56 Å². The summed E-state index contributed by atoms with van der Waals surface area (Å²) in [5, 5.41) is 10.5. The lowest BCUT2D eigenvalue weighted by atomic mass is 10.1. The molecule has 0 fully saturated rings. The number of nitrogens with zero attached hydrogens (tertiary/aromatic N) is 1. The molecule has 8 heteroatoms. The van der Waals surface area contributed by atoms with E-state index in [1.807, 2.05) is 31.2 Å². The predicted molar refractivity (Wildman–Crippen MR) is 112 cm³/mol. The molecule has 0 aliphatic heterocycles. The summed E-state index contributed by atoms with van der Waals surface area (Å²) < 4.78 is 30.7. The zero-order valence-electron chi connectivity index (χ0n) is 14.2. The first-order valence-corrected chi connectivity index (χ1v) is 10.2. The maximum Gasteiger partial charge on any atom is 0.294 e. The first-order valence-electron chi connectivity index (χ1n) is 7.72. The highest BCUT2D eigenvalue weighted by atomic mass is 127. The van der Waals surface area contributed by atoms with E-state index in [1.54, 1.807) is 24.3 Å². The zero-order valence-corrected chi connectivity index (χ0v) is 17.2. The normalized spacial score (nSPS) is 10.6. The highest BCUT2D eigenvalue weighted by molar-refractivity contribution is 14.1. The van der Waals surface area contributed by atoms with E-state index in [4.69, 9.17) is 4.55 Å². The molecule has 0 atom stereocenters. The summed E-state index contributed by atoms with van der Waals surface area (Å²) in [6.45, 7) is 1.84. The van der Waals surface area contributed by atoms with E-state index in [0.29, 0.717) is 0 Å². The van der Waals surface area contributed by atoms with E-state index < -0.39 is 10.1 Å². The first kappa shape index (κ1) is 21.0. The monoisotopic (exact) mass is 497 g/mol. The fourth-order valence-electron chi connectivity index (χ4n) is 2.17. The Balaban J connectivity index is 0.000000208. The second-order valence-electron chi connectivity index (χ2n) is 5.57. The summed E-state index contributed by atoms with van der Waals surface area (Å²) in [7, 11) is -4.02. The Morgan fingerprint density at radius 3 is 1.96 bits per heavy atom. The minimum atomic E-state index is -4.02. The minimum absolute atomic E-state index is 0.0666. The number of hydrogen-bond acceptors (Lipinski definition) is 4. The molecule has 140 valence electrons. The van der Waals surface area contributed by atoms with Crippen LogP contribution in [0.4, 0.5) is 5.69 Å². The average Bonchev–Trinajstić information content (AvgIpc) is 2.62. The molecule has 0 heterocycles. The largest absolute Gasteiger partial charge is 0.294 e. The maximum absolute atomic E-state index is 10.5. The van der Waals surface area contributed by atoms with Gasteiger partial charge in [0.2, 0.25) is 0 Å². The van der Waals surface area contributed by atoms with Crippen LogP contribution in [0.15, 0.2) is 77.7 Å². The molecule has 0 radical (unpaired) electrons. The molecule has 1 N–H and O–H groups in total. The molecule has 0 spiro atoms. The van der Waals surface area contributed by atoms with Gasteiger partial charge in [0.05, 0.1) is 9.82 Å². The van der Waals surface area contributed by atoms with Crippen molar-refractivity contribution in [1.82, 2.24) is 0 Å². The third kappa shape index (κ3) is 6.12. The van der Waals surface area contributed by atoms with Gasteiger partial charge in [-0.1, -0.05) is 35.9 Å². The second kappa shape index (κ2) is 9.07. The summed E-state index contributed by atoms with van der Waals surface area (Å²) >= 11 is 2.25. The Kier molecular flexibility index (Phi) is 7.05. The van der Waals surface area contributed by atoms with Crippen LogP contribution >= 0.6 is 22.6 Å². The van der Waals surface area contributed by atoms with Crippen molar-refractivity contribution >= 4 is 38.4 Å². The van der Waals surface area contributed by atoms with E-state index in [9.17, 15) is 18.5 Å². The Labute approximate surface area is 170 Å². The molecule has 0 saturated carbocycles. The van der Waals surface area contributed by atoms with Crippen LogP contribution < -0.4 is 0 Å². The molecular formula is C19H16INO5S. The van der Waals surface area contributed by atoms with Gasteiger partial charge in [-0.25, -0.2) is 0 Å². The van der Waals surface area contributed by atoms with Crippen LogP contribution in [0.5, 0.6) is 0 Å². The number of benzene rings is 3. The number of hydrogen-bond donors (Lipinski definition) is 1. The number of nitro benzene ring substituents is 1. The zero-order chi connectivity index (χ0) is 20.0. The molecule has 6 nitrogen and oxygen atoms in total. The highest BCUT2D eigenvalue weighted by Crippen LogP contribution is 2.26. The first-order chi connectivity index (χ1) is 12.7. The lowest BCUT2D eigenvalue weighted by Gasteiger charge is -2.03. The van der Waals surface area contributed by atoms with Gasteiger partial charge in [-0.3, -0.25) is 14.7 Å². The summed E-state index contributed by atoms with van der Waals surface area (Å²) in [5.74, 6) is 0. The fourth-order valence-corrected chi connectivity index (χ4v) is 3.35. The van der Waals surface area contributed by atoms with E-state index >= 15 is 0 Å². The molecule has 0 aromatic heterocycles. The van der Waals surface area contributed by atoms with Gasteiger partial charge in [-0.15, -0.1) is 0 Å². The molecular weight excluding hydrogens is 481 g/mol. The predicted octanol–water partition coefficient (Wildman–Crippen LogP) is 5.11. The van der Waals surface area contributed by atoms with Gasteiger partial charge in [-0.2, -0.15) is 8.42 Å². The quantitative estimate of drug-likeness (QED) is 0.235. The summed E-state index contributed by atoms with van der Waals surface area (Å²) in [6, 6.07) is 20.5. The Bertz CT molecular complexity index is 1030. The molecule has 0 aliphatic rings. The van der Waals surface area contributed by atoms with Crippen molar-refractivity contribution < 1.29 is 17.9 Å². The molecule has 0 amide bonds. The van der Waals surface area contributed by atoms with Crippen molar-refractivity contribution in [2.24, 2.45) is 0 Å². The average molecular weight is 497 g/mol. The Morgan fingerprint density at radius 2 is 1.48 bits per heavy atom. The van der Waals surface area contributed by atoms with Crippen LogP contribution in [0.3, 0.4) is 0 Å². The van der Waals surface area contributed by atoms with Crippen molar-refractivity contribution in [3.63, 3.8) is 0 Å². The molecule has 3 rings (SSSR count). The van der Waals surface area contributed by atoms with Crippen molar-refractivity contribution in [2.45, 2.75) is 11.8 Å². The maximum atomic E-state index is 10.5. The van der Waals surface area contributed by atoms with Crippen LogP contribution in [0, 0.1) is 20.6 Å². The van der Waals surface area contributed by atoms with Crippen molar-refractivity contribution in [1.29, 1.82) is 0 Å². The van der Waals surface area contributed by atoms with Crippen LogP contribution in [-0.2, 0) is 10.1 Å². The molecule has 0 unspecified atom stereocenters. The second-order valence-corrected chi connectivity index (χ2v) is 8.16.